The van der Waals surface area contributed by atoms with Gasteiger partial charge in [0, 0.05) is 13.0 Å². The fraction of sp³-hybridized carbons (Fsp3) is 0.846. The van der Waals surface area contributed by atoms with Crippen LogP contribution in [0.25, 0.3) is 0 Å². The quantitative estimate of drug-likeness (QED) is 0.696. The van der Waals surface area contributed by atoms with Crippen molar-refractivity contribution in [1.29, 1.82) is 0 Å². The summed E-state index contributed by atoms with van der Waals surface area (Å²) in [5.74, 6) is -0.840. The molecule has 1 atom stereocenters. The Kier molecular flexibility index (Phi) is 6.01. The van der Waals surface area contributed by atoms with Crippen molar-refractivity contribution < 1.29 is 14.7 Å². The van der Waals surface area contributed by atoms with Crippen molar-refractivity contribution in [3.63, 3.8) is 0 Å². The average Bonchev–Trinajstić information content (AvgIpc) is 2.77. The first-order valence-electron chi connectivity index (χ1n) is 6.69. The summed E-state index contributed by atoms with van der Waals surface area (Å²) in [5, 5.41) is 8.98. The maximum atomic E-state index is 11.9. The first-order valence-corrected chi connectivity index (χ1v) is 6.69. The molecule has 0 unspecified atom stereocenters. The summed E-state index contributed by atoms with van der Waals surface area (Å²) in [7, 11) is 0. The van der Waals surface area contributed by atoms with Gasteiger partial charge in [0.1, 0.15) is 6.04 Å². The van der Waals surface area contributed by atoms with E-state index in [-0.39, 0.29) is 5.91 Å². The number of aliphatic carboxylic acids is 1. The molecule has 1 aliphatic heterocycles. The molecule has 0 aliphatic carbocycles. The monoisotopic (exact) mass is 241 g/mol. The summed E-state index contributed by atoms with van der Waals surface area (Å²) in [5.41, 5.74) is 0. The van der Waals surface area contributed by atoms with Crippen molar-refractivity contribution in [2.75, 3.05) is 6.54 Å². The number of unbranched alkanes of at least 4 members (excludes halogenated alkanes) is 4. The van der Waals surface area contributed by atoms with E-state index in [2.05, 4.69) is 6.92 Å². The molecule has 1 aliphatic rings. The third kappa shape index (κ3) is 4.36. The molecule has 1 amide bonds. The zero-order chi connectivity index (χ0) is 12.7. The highest BCUT2D eigenvalue weighted by Gasteiger charge is 2.33. The second-order valence-electron chi connectivity index (χ2n) is 4.75. The number of carbonyl (C=O) groups is 2. The normalized spacial score (nSPS) is 19.6. The number of nitrogens with zero attached hydrogens (tertiary/aromatic N) is 1. The predicted octanol–water partition coefficient (Wildman–Crippen LogP) is 2.42. The van der Waals surface area contributed by atoms with Crippen LogP contribution < -0.4 is 0 Å². The number of carboxylic acids is 1. The second kappa shape index (κ2) is 7.30. The van der Waals surface area contributed by atoms with E-state index in [1.807, 2.05) is 0 Å². The van der Waals surface area contributed by atoms with Gasteiger partial charge in [0.05, 0.1) is 0 Å². The second-order valence-corrected chi connectivity index (χ2v) is 4.75. The van der Waals surface area contributed by atoms with Crippen molar-refractivity contribution >= 4 is 11.9 Å². The molecule has 4 heteroatoms. The lowest BCUT2D eigenvalue weighted by atomic mass is 10.1. The fourth-order valence-electron chi connectivity index (χ4n) is 2.35. The summed E-state index contributed by atoms with van der Waals surface area (Å²) >= 11 is 0. The van der Waals surface area contributed by atoms with Gasteiger partial charge in [-0.15, -0.1) is 0 Å². The third-order valence-electron chi connectivity index (χ3n) is 3.35. The van der Waals surface area contributed by atoms with E-state index in [9.17, 15) is 9.59 Å². The van der Waals surface area contributed by atoms with Crippen molar-refractivity contribution in [3.05, 3.63) is 0 Å². The van der Waals surface area contributed by atoms with Crippen molar-refractivity contribution in [1.82, 2.24) is 4.90 Å². The Morgan fingerprint density at radius 2 is 1.94 bits per heavy atom. The maximum absolute atomic E-state index is 11.9. The molecule has 1 saturated heterocycles. The van der Waals surface area contributed by atoms with E-state index < -0.39 is 12.0 Å². The number of hydrogen-bond donors (Lipinski definition) is 1. The Hall–Kier alpha value is -1.06. The minimum absolute atomic E-state index is 0.0198. The van der Waals surface area contributed by atoms with Crippen LogP contribution in [0, 0.1) is 0 Å². The molecule has 0 aromatic carbocycles. The largest absolute Gasteiger partial charge is 0.480 e. The lowest BCUT2D eigenvalue weighted by Gasteiger charge is -2.21. The number of likely N-dealkylation sites (tertiary alicyclic amines) is 1. The summed E-state index contributed by atoms with van der Waals surface area (Å²) in [4.78, 5) is 24.3. The van der Waals surface area contributed by atoms with Crippen LogP contribution in [0.15, 0.2) is 0 Å². The molecule has 0 radical (unpaired) electrons. The molecule has 1 fully saturated rings. The van der Waals surface area contributed by atoms with Gasteiger partial charge in [-0.2, -0.15) is 0 Å². The minimum Gasteiger partial charge on any atom is -0.480 e. The van der Waals surface area contributed by atoms with Gasteiger partial charge in [-0.1, -0.05) is 32.6 Å². The average molecular weight is 241 g/mol. The van der Waals surface area contributed by atoms with Gasteiger partial charge in [-0.05, 0) is 19.3 Å². The SMILES string of the molecule is CCCCCCCC(=O)N1CCC[C@@H]1C(=O)O. The Morgan fingerprint density at radius 3 is 2.59 bits per heavy atom. The molecule has 0 aromatic rings. The van der Waals surface area contributed by atoms with Crippen LogP contribution in [-0.4, -0.2) is 34.5 Å². The maximum Gasteiger partial charge on any atom is 0.326 e. The lowest BCUT2D eigenvalue weighted by molar-refractivity contribution is -0.148. The number of carboxylic acid groups (broad SMARTS) is 1. The van der Waals surface area contributed by atoms with Crippen LogP contribution in [0.4, 0.5) is 0 Å². The van der Waals surface area contributed by atoms with Gasteiger partial charge in [-0.3, -0.25) is 4.79 Å². The van der Waals surface area contributed by atoms with Crippen molar-refractivity contribution in [3.8, 4) is 0 Å². The highest BCUT2D eigenvalue weighted by atomic mass is 16.4. The van der Waals surface area contributed by atoms with E-state index in [0.29, 0.717) is 19.4 Å². The summed E-state index contributed by atoms with van der Waals surface area (Å²) < 4.78 is 0. The molecular weight excluding hydrogens is 218 g/mol. The summed E-state index contributed by atoms with van der Waals surface area (Å²) in [6, 6.07) is -0.571. The molecule has 4 nitrogen and oxygen atoms in total. The predicted molar refractivity (Wildman–Crippen MR) is 65.7 cm³/mol. The number of amides is 1. The molecule has 1 heterocycles. The molecule has 1 rings (SSSR count). The summed E-state index contributed by atoms with van der Waals surface area (Å²) in [6.07, 6.45) is 7.48. The Bertz CT molecular complexity index is 265. The van der Waals surface area contributed by atoms with E-state index in [1.165, 1.54) is 19.3 Å². The van der Waals surface area contributed by atoms with Crippen molar-refractivity contribution in [2.45, 2.75) is 64.3 Å². The lowest BCUT2D eigenvalue weighted by Crippen LogP contribution is -2.40. The van der Waals surface area contributed by atoms with Crippen LogP contribution in [0.1, 0.15) is 58.3 Å². The zero-order valence-electron chi connectivity index (χ0n) is 10.7. The molecule has 0 spiro atoms. The van der Waals surface area contributed by atoms with E-state index in [1.54, 1.807) is 4.90 Å². The van der Waals surface area contributed by atoms with E-state index in [0.717, 1.165) is 19.3 Å². The molecule has 1 N–H and O–H groups in total. The molecular formula is C13H23NO3. The topological polar surface area (TPSA) is 57.6 Å². The number of hydrogen-bond acceptors (Lipinski definition) is 2. The molecule has 0 bridgehead atoms. The summed E-state index contributed by atoms with van der Waals surface area (Å²) in [6.45, 7) is 2.78. The van der Waals surface area contributed by atoms with Crippen LogP contribution in [0.3, 0.4) is 0 Å². The van der Waals surface area contributed by atoms with Gasteiger partial charge in [0.25, 0.3) is 0 Å². The third-order valence-corrected chi connectivity index (χ3v) is 3.35. The van der Waals surface area contributed by atoms with Gasteiger partial charge in [0.15, 0.2) is 0 Å². The first-order chi connectivity index (χ1) is 8.16. The standard InChI is InChI=1S/C13H23NO3/c1-2-3-4-5-6-9-12(15)14-10-7-8-11(14)13(16)17/h11H,2-10H2,1H3,(H,16,17)/t11-/m1/s1. The Balaban J connectivity index is 2.25. The van der Waals surface area contributed by atoms with Crippen LogP contribution in [0.2, 0.25) is 0 Å². The van der Waals surface area contributed by atoms with Crippen LogP contribution in [0.5, 0.6) is 0 Å². The van der Waals surface area contributed by atoms with Crippen LogP contribution >= 0.6 is 0 Å². The van der Waals surface area contributed by atoms with Gasteiger partial charge >= 0.3 is 5.97 Å². The van der Waals surface area contributed by atoms with Gasteiger partial charge < -0.3 is 10.0 Å². The first kappa shape index (κ1) is 14.0. The Labute approximate surface area is 103 Å². The fourth-order valence-corrected chi connectivity index (χ4v) is 2.35. The molecule has 17 heavy (non-hydrogen) atoms. The van der Waals surface area contributed by atoms with E-state index >= 15 is 0 Å². The van der Waals surface area contributed by atoms with Gasteiger partial charge in [0.2, 0.25) is 5.91 Å². The Morgan fingerprint density at radius 1 is 1.24 bits per heavy atom. The zero-order valence-corrected chi connectivity index (χ0v) is 10.7. The number of rotatable bonds is 7. The highest BCUT2D eigenvalue weighted by Crippen LogP contribution is 2.19. The molecule has 0 aromatic heterocycles. The van der Waals surface area contributed by atoms with Crippen LogP contribution in [-0.2, 0) is 9.59 Å². The van der Waals surface area contributed by atoms with Gasteiger partial charge in [-0.25, -0.2) is 4.79 Å². The van der Waals surface area contributed by atoms with Crippen molar-refractivity contribution in [2.24, 2.45) is 0 Å². The minimum atomic E-state index is -0.859. The smallest absolute Gasteiger partial charge is 0.326 e. The molecule has 0 saturated carbocycles. The molecule has 98 valence electrons. The van der Waals surface area contributed by atoms with E-state index in [4.69, 9.17) is 5.11 Å². The highest BCUT2D eigenvalue weighted by molar-refractivity contribution is 5.84. The number of carbonyl (C=O) groups excluding carboxylic acids is 1.